The van der Waals surface area contributed by atoms with E-state index in [-0.39, 0.29) is 69.6 Å². The molecule has 10 rings (SSSR count). The van der Waals surface area contributed by atoms with Crippen molar-refractivity contribution in [3.8, 4) is 56.0 Å². The van der Waals surface area contributed by atoms with E-state index < -0.39 is 23.3 Å². The normalized spacial score (nSPS) is 13.6. The molecule has 15 heteroatoms. The molecule has 0 atom stereocenters. The van der Waals surface area contributed by atoms with Crippen LogP contribution in [0, 0.1) is 36.4 Å². The number of rotatable bonds is 6. The maximum atomic E-state index is 14.1. The number of pyridine rings is 2. The summed E-state index contributed by atoms with van der Waals surface area (Å²) < 4.78 is 56.4. The number of hydrogen-bond acceptors (Lipinski definition) is 8. The van der Waals surface area contributed by atoms with Crippen molar-refractivity contribution in [3.05, 3.63) is 168 Å². The minimum Gasteiger partial charge on any atom is -0.518 e. The van der Waals surface area contributed by atoms with Gasteiger partial charge >= 0.3 is 0 Å². The fourth-order valence-electron chi connectivity index (χ4n) is 9.17. The standard InChI is InChI=1S/2C27H22F2N4O.3CH4.ClH/c2*1-31-25-4-2-3-21(27(25)34)16-5-6-24-22(13-16)26(33-9-7-20(30)8-10-33)23(15-32-24)17-11-18(28)14-19(29)12-17;;;;/h2*2-6,11-15,20,34H,7-10,30H2;3*1H4;1H. The Hall–Kier alpha value is -7.75. The van der Waals surface area contributed by atoms with Crippen LogP contribution in [0.2, 0.25) is 0 Å². The van der Waals surface area contributed by atoms with Crippen molar-refractivity contribution in [1.29, 1.82) is 0 Å². The number of phenols is 2. The highest BCUT2D eigenvalue weighted by Gasteiger charge is 2.25. The highest BCUT2D eigenvalue weighted by molar-refractivity contribution is 6.03. The molecule has 10 nitrogen and oxygen atoms in total. The Bertz CT molecular complexity index is 3070. The molecule has 6 N–H and O–H groups in total. The number of nitrogens with two attached hydrogens (primary N) is 2. The van der Waals surface area contributed by atoms with Gasteiger partial charge in [-0.25, -0.2) is 27.3 Å². The number of nitrogens with zero attached hydrogens (tertiary/aromatic N) is 6. The maximum absolute atomic E-state index is 14.1. The molecular formula is C57H57ClF4N8O2. The predicted octanol–water partition coefficient (Wildman–Crippen LogP) is 14.4. The summed E-state index contributed by atoms with van der Waals surface area (Å²) in [5.74, 6) is -2.79. The number of fused-ring (bicyclic) bond motifs is 2. The molecule has 372 valence electrons. The minimum atomic E-state index is -0.656. The quantitative estimate of drug-likeness (QED) is 0.0956. The van der Waals surface area contributed by atoms with Gasteiger partial charge in [0, 0.05) is 95.8 Å². The lowest BCUT2D eigenvalue weighted by Crippen LogP contribution is -2.40. The topological polar surface area (TPSA) is 133 Å². The van der Waals surface area contributed by atoms with Crippen LogP contribution < -0.4 is 21.3 Å². The molecule has 0 amide bonds. The highest BCUT2D eigenvalue weighted by atomic mass is 35.5. The number of benzene rings is 6. The van der Waals surface area contributed by atoms with Crippen LogP contribution in [0.4, 0.5) is 40.3 Å². The van der Waals surface area contributed by atoms with Gasteiger partial charge in [-0.3, -0.25) is 9.97 Å². The Kier molecular flexibility index (Phi) is 18.0. The largest absolute Gasteiger partial charge is 0.518 e. The van der Waals surface area contributed by atoms with Crippen LogP contribution in [0.15, 0.2) is 122 Å². The molecular weight excluding hydrogens is 940 g/mol. The summed E-state index contributed by atoms with van der Waals surface area (Å²) in [5.41, 5.74) is 20.2. The van der Waals surface area contributed by atoms with E-state index >= 15 is 0 Å². The van der Waals surface area contributed by atoms with Crippen molar-refractivity contribution in [2.45, 2.75) is 60.0 Å². The molecule has 72 heavy (non-hydrogen) atoms. The van der Waals surface area contributed by atoms with E-state index in [0.717, 1.165) is 82.1 Å². The molecule has 0 radical (unpaired) electrons. The predicted molar refractivity (Wildman–Crippen MR) is 287 cm³/mol. The number of phenolic OH excluding ortho intramolecular Hbond substituents is 2. The van der Waals surface area contributed by atoms with E-state index in [9.17, 15) is 27.8 Å². The van der Waals surface area contributed by atoms with E-state index in [1.165, 1.54) is 24.3 Å². The summed E-state index contributed by atoms with van der Waals surface area (Å²) >= 11 is 0. The summed E-state index contributed by atoms with van der Waals surface area (Å²) in [6, 6.07) is 28.4. The summed E-state index contributed by atoms with van der Waals surface area (Å²) in [6.07, 6.45) is 6.50. The zero-order valence-electron chi connectivity index (χ0n) is 37.0. The van der Waals surface area contributed by atoms with Gasteiger partial charge < -0.3 is 31.5 Å². The van der Waals surface area contributed by atoms with Gasteiger partial charge in [0.2, 0.25) is 11.4 Å². The first-order valence-corrected chi connectivity index (χ1v) is 22.1. The summed E-state index contributed by atoms with van der Waals surface area (Å²) in [5, 5.41) is 22.8. The lowest BCUT2D eigenvalue weighted by atomic mass is 9.95. The minimum absolute atomic E-state index is 0. The molecule has 4 heterocycles. The summed E-state index contributed by atoms with van der Waals surface area (Å²) in [7, 11) is 0. The molecule has 8 aromatic rings. The number of aromatic hydroxyl groups is 2. The monoisotopic (exact) mass is 996 g/mol. The average molecular weight is 998 g/mol. The van der Waals surface area contributed by atoms with Crippen LogP contribution in [0.1, 0.15) is 48.0 Å². The molecule has 2 fully saturated rings. The highest BCUT2D eigenvalue weighted by Crippen LogP contribution is 2.45. The fraction of sp³-hybridized carbons (Fsp3) is 0.228. The zero-order chi connectivity index (χ0) is 47.6. The lowest BCUT2D eigenvalue weighted by molar-refractivity contribution is 0.480. The van der Waals surface area contributed by atoms with E-state index in [2.05, 4.69) is 29.5 Å². The van der Waals surface area contributed by atoms with E-state index in [0.29, 0.717) is 59.6 Å². The second-order valence-corrected chi connectivity index (χ2v) is 17.0. The van der Waals surface area contributed by atoms with Crippen molar-refractivity contribution in [3.63, 3.8) is 0 Å². The molecule has 0 unspecified atom stereocenters. The second-order valence-electron chi connectivity index (χ2n) is 17.0. The van der Waals surface area contributed by atoms with Crippen molar-refractivity contribution >= 4 is 57.0 Å². The zero-order valence-corrected chi connectivity index (χ0v) is 37.8. The van der Waals surface area contributed by atoms with Gasteiger partial charge in [0.1, 0.15) is 34.8 Å². The van der Waals surface area contributed by atoms with Gasteiger partial charge in [-0.2, -0.15) is 0 Å². The van der Waals surface area contributed by atoms with Crippen LogP contribution in [-0.2, 0) is 0 Å². The third-order valence-electron chi connectivity index (χ3n) is 12.6. The van der Waals surface area contributed by atoms with Crippen LogP contribution in [0.5, 0.6) is 11.5 Å². The van der Waals surface area contributed by atoms with Gasteiger partial charge in [-0.1, -0.05) is 70.8 Å². The van der Waals surface area contributed by atoms with Crippen molar-refractivity contribution < 1.29 is 27.8 Å². The van der Waals surface area contributed by atoms with Crippen molar-refractivity contribution in [1.82, 2.24) is 9.97 Å². The van der Waals surface area contributed by atoms with Gasteiger partial charge in [0.05, 0.1) is 35.6 Å². The number of anilines is 2. The maximum Gasteiger partial charge on any atom is 0.228 e. The fourth-order valence-corrected chi connectivity index (χ4v) is 9.17. The molecule has 6 aromatic carbocycles. The molecule has 2 aliphatic heterocycles. The number of piperidine rings is 2. The Morgan fingerprint density at radius 3 is 1.17 bits per heavy atom. The van der Waals surface area contributed by atoms with Crippen molar-refractivity contribution in [2.24, 2.45) is 11.5 Å². The van der Waals surface area contributed by atoms with Crippen LogP contribution in [0.25, 0.3) is 76.0 Å². The van der Waals surface area contributed by atoms with E-state index in [1.54, 1.807) is 48.8 Å². The smallest absolute Gasteiger partial charge is 0.228 e. The van der Waals surface area contributed by atoms with Gasteiger partial charge in [-0.05, 0) is 96.5 Å². The van der Waals surface area contributed by atoms with Crippen LogP contribution in [0.3, 0.4) is 0 Å². The first kappa shape index (κ1) is 55.2. The van der Waals surface area contributed by atoms with Gasteiger partial charge in [-0.15, -0.1) is 12.4 Å². The number of para-hydroxylation sites is 2. The Labute approximate surface area is 424 Å². The third kappa shape index (κ3) is 11.2. The van der Waals surface area contributed by atoms with Gasteiger partial charge in [0.25, 0.3) is 0 Å². The van der Waals surface area contributed by atoms with E-state index in [4.69, 9.17) is 24.6 Å². The number of halogens is 5. The SMILES string of the molecule is C.C.C.Cl.[C-]#[N+]c1cccc(-c2ccc3ncc(-c4cc(F)cc(F)c4)c(N4CCC(N)CC4)c3c2)c1O.[C-]#[N+]c1cccc(-c2ccc3ncc(-c4cc(F)cc(F)c4)c(N4CCC(N)CC4)c3c2)c1O. The third-order valence-corrected chi connectivity index (χ3v) is 12.6. The molecule has 2 saturated heterocycles. The second kappa shape index (κ2) is 23.4. The Balaban J connectivity index is 0.000000253. The Morgan fingerprint density at radius 2 is 0.833 bits per heavy atom. The first-order chi connectivity index (χ1) is 32.9. The molecule has 0 saturated carbocycles. The number of aromatic nitrogens is 2. The molecule has 0 aliphatic carbocycles. The summed E-state index contributed by atoms with van der Waals surface area (Å²) in [4.78, 5) is 20.3. The lowest BCUT2D eigenvalue weighted by Gasteiger charge is -2.34. The van der Waals surface area contributed by atoms with Crippen LogP contribution in [-0.4, -0.2) is 58.4 Å². The Morgan fingerprint density at radius 1 is 0.486 bits per heavy atom. The average Bonchev–Trinajstić information content (AvgIpc) is 3.33. The molecule has 0 bridgehead atoms. The first-order valence-electron chi connectivity index (χ1n) is 22.1. The molecule has 2 aliphatic rings. The van der Waals surface area contributed by atoms with Crippen molar-refractivity contribution in [2.75, 3.05) is 36.0 Å². The molecule has 2 aromatic heterocycles. The van der Waals surface area contributed by atoms with Gasteiger partial charge in [0.15, 0.2) is 0 Å². The van der Waals surface area contributed by atoms with Crippen LogP contribution >= 0.6 is 12.4 Å². The molecule has 0 spiro atoms. The number of hydrogen-bond donors (Lipinski definition) is 4. The summed E-state index contributed by atoms with van der Waals surface area (Å²) in [6.45, 7) is 17.4. The van der Waals surface area contributed by atoms with E-state index in [1.807, 2.05) is 36.4 Å².